The first-order valence-corrected chi connectivity index (χ1v) is 9.55. The third-order valence-corrected chi connectivity index (χ3v) is 4.11. The Morgan fingerprint density at radius 3 is 2.46 bits per heavy atom. The van der Waals surface area contributed by atoms with E-state index < -0.39 is 0 Å². The highest BCUT2D eigenvalue weighted by atomic mass is 16.5. The quantitative estimate of drug-likeness (QED) is 0.552. The minimum Gasteiger partial charge on any atom is -0.497 e. The molecule has 7 nitrogen and oxygen atoms in total. The van der Waals surface area contributed by atoms with Gasteiger partial charge in [-0.05, 0) is 31.2 Å². The smallest absolute Gasteiger partial charge is 0.216 e. The second kappa shape index (κ2) is 10.0. The van der Waals surface area contributed by atoms with Crippen molar-refractivity contribution in [3.63, 3.8) is 0 Å². The fourth-order valence-corrected chi connectivity index (χ4v) is 2.42. The van der Waals surface area contributed by atoms with Gasteiger partial charge in [-0.3, -0.25) is 0 Å². The molecular weight excluding hydrogens is 356 g/mol. The van der Waals surface area contributed by atoms with Gasteiger partial charge in [0.05, 0.1) is 19.9 Å². The van der Waals surface area contributed by atoms with Crippen LogP contribution >= 0.6 is 0 Å². The molecule has 0 atom stereocenters. The molecule has 2 aromatic rings. The van der Waals surface area contributed by atoms with Gasteiger partial charge >= 0.3 is 0 Å². The number of rotatable bonds is 8. The van der Waals surface area contributed by atoms with E-state index in [-0.39, 0.29) is 5.41 Å². The molecule has 154 valence electrons. The third kappa shape index (κ3) is 6.48. The molecule has 1 aromatic carbocycles. The first kappa shape index (κ1) is 21.6. The Morgan fingerprint density at radius 2 is 1.89 bits per heavy atom. The van der Waals surface area contributed by atoms with Gasteiger partial charge in [-0.2, -0.15) is 0 Å². The maximum absolute atomic E-state index is 5.81. The molecule has 1 N–H and O–H groups in total. The van der Waals surface area contributed by atoms with Crippen LogP contribution in [-0.4, -0.2) is 49.7 Å². The Morgan fingerprint density at radius 1 is 1.21 bits per heavy atom. The second-order valence-electron chi connectivity index (χ2n) is 7.48. The molecule has 0 unspecified atom stereocenters. The van der Waals surface area contributed by atoms with Gasteiger partial charge in [0.2, 0.25) is 5.89 Å². The van der Waals surface area contributed by atoms with Crippen LogP contribution in [0.15, 0.2) is 39.9 Å². The molecule has 7 heteroatoms. The maximum atomic E-state index is 5.81. The van der Waals surface area contributed by atoms with E-state index in [9.17, 15) is 0 Å². The number of nitrogens with zero attached hydrogens (tertiary/aromatic N) is 3. The second-order valence-corrected chi connectivity index (χ2v) is 7.48. The van der Waals surface area contributed by atoms with Crippen LogP contribution in [0.2, 0.25) is 0 Å². The lowest BCUT2D eigenvalue weighted by Gasteiger charge is -2.22. The number of methoxy groups -OCH3 is 1. The summed E-state index contributed by atoms with van der Waals surface area (Å²) >= 11 is 0. The molecule has 0 aliphatic heterocycles. The Balaban J connectivity index is 1.90. The zero-order valence-electron chi connectivity index (χ0n) is 17.8. The Labute approximate surface area is 167 Å². The number of aliphatic imine (C=N–C) groups is 1. The number of nitrogens with one attached hydrogen (secondary N) is 1. The summed E-state index contributed by atoms with van der Waals surface area (Å²) in [5, 5.41) is 3.29. The van der Waals surface area contributed by atoms with E-state index in [2.05, 4.69) is 36.1 Å². The van der Waals surface area contributed by atoms with Gasteiger partial charge in [0, 0.05) is 19.0 Å². The SMILES string of the molecule is CCNC(=NCc1ncc(C(C)(C)C)o1)N(C)CCOc1ccc(OC)cc1. The standard InChI is InChI=1S/C21H32N4O3/c1-7-22-20(24-15-19-23-14-18(28-19)21(2,3)4)25(5)12-13-27-17-10-8-16(26-6)9-11-17/h8-11,14H,7,12-13,15H2,1-6H3,(H,22,24). The highest BCUT2D eigenvalue weighted by Crippen LogP contribution is 2.22. The van der Waals surface area contributed by atoms with Crippen molar-refractivity contribution in [2.45, 2.75) is 39.7 Å². The molecule has 0 fully saturated rings. The van der Waals surface area contributed by atoms with Crippen molar-refractivity contribution in [2.75, 3.05) is 33.9 Å². The van der Waals surface area contributed by atoms with E-state index >= 15 is 0 Å². The molecule has 1 heterocycles. The topological polar surface area (TPSA) is 72.1 Å². The first-order valence-electron chi connectivity index (χ1n) is 9.55. The maximum Gasteiger partial charge on any atom is 0.216 e. The van der Waals surface area contributed by atoms with Gasteiger partial charge in [0.1, 0.15) is 30.4 Å². The number of likely N-dealkylation sites (N-methyl/N-ethyl adjacent to an activating group) is 1. The largest absolute Gasteiger partial charge is 0.497 e. The Hall–Kier alpha value is -2.70. The molecule has 1 aromatic heterocycles. The van der Waals surface area contributed by atoms with Crippen molar-refractivity contribution in [2.24, 2.45) is 4.99 Å². The lowest BCUT2D eigenvalue weighted by molar-refractivity contribution is 0.280. The normalized spacial score (nSPS) is 12.0. The predicted octanol–water partition coefficient (Wildman–Crippen LogP) is 3.46. The number of ether oxygens (including phenoxy) is 2. The molecule has 0 aliphatic carbocycles. The fourth-order valence-electron chi connectivity index (χ4n) is 2.42. The molecule has 28 heavy (non-hydrogen) atoms. The minimum atomic E-state index is -0.0605. The van der Waals surface area contributed by atoms with E-state index in [0.29, 0.717) is 25.6 Å². The van der Waals surface area contributed by atoms with Crippen LogP contribution in [0.5, 0.6) is 11.5 Å². The molecule has 0 aliphatic rings. The van der Waals surface area contributed by atoms with Crippen LogP contribution in [0.1, 0.15) is 39.3 Å². The van der Waals surface area contributed by atoms with Gasteiger partial charge in [-0.1, -0.05) is 20.8 Å². The Bertz CT molecular complexity index is 748. The molecule has 0 saturated heterocycles. The van der Waals surface area contributed by atoms with Gasteiger partial charge in [-0.25, -0.2) is 9.98 Å². The van der Waals surface area contributed by atoms with Crippen molar-refractivity contribution in [1.82, 2.24) is 15.2 Å². The van der Waals surface area contributed by atoms with Crippen molar-refractivity contribution >= 4 is 5.96 Å². The van der Waals surface area contributed by atoms with Crippen LogP contribution in [0.4, 0.5) is 0 Å². The molecular formula is C21H32N4O3. The van der Waals surface area contributed by atoms with Crippen molar-refractivity contribution in [1.29, 1.82) is 0 Å². The predicted molar refractivity (Wildman–Crippen MR) is 111 cm³/mol. The summed E-state index contributed by atoms with van der Waals surface area (Å²) in [7, 11) is 3.63. The van der Waals surface area contributed by atoms with Crippen LogP contribution in [-0.2, 0) is 12.0 Å². The summed E-state index contributed by atoms with van der Waals surface area (Å²) in [6.07, 6.45) is 1.78. The van der Waals surface area contributed by atoms with Gasteiger partial charge < -0.3 is 24.1 Å². The van der Waals surface area contributed by atoms with E-state index in [1.807, 2.05) is 43.1 Å². The molecule has 0 spiro atoms. The van der Waals surface area contributed by atoms with E-state index in [0.717, 1.165) is 29.8 Å². The average molecular weight is 389 g/mol. The highest BCUT2D eigenvalue weighted by Gasteiger charge is 2.19. The summed E-state index contributed by atoms with van der Waals surface area (Å²) in [6.45, 7) is 10.7. The monoisotopic (exact) mass is 388 g/mol. The number of guanidine groups is 1. The molecule has 0 radical (unpaired) electrons. The summed E-state index contributed by atoms with van der Waals surface area (Å²) in [5.74, 6) is 3.89. The lowest BCUT2D eigenvalue weighted by Crippen LogP contribution is -2.40. The van der Waals surface area contributed by atoms with Gasteiger partial charge in [0.15, 0.2) is 5.96 Å². The van der Waals surface area contributed by atoms with Crippen molar-refractivity contribution in [3.05, 3.63) is 42.1 Å². The van der Waals surface area contributed by atoms with Crippen LogP contribution < -0.4 is 14.8 Å². The third-order valence-electron chi connectivity index (χ3n) is 4.11. The van der Waals surface area contributed by atoms with E-state index in [1.54, 1.807) is 13.3 Å². The zero-order chi connectivity index (χ0) is 20.6. The number of hydrogen-bond acceptors (Lipinski definition) is 5. The highest BCUT2D eigenvalue weighted by molar-refractivity contribution is 5.79. The van der Waals surface area contributed by atoms with E-state index in [4.69, 9.17) is 13.9 Å². The molecule has 2 rings (SSSR count). The van der Waals surface area contributed by atoms with Crippen molar-refractivity contribution < 1.29 is 13.9 Å². The number of hydrogen-bond donors (Lipinski definition) is 1. The lowest BCUT2D eigenvalue weighted by atomic mass is 9.94. The van der Waals surface area contributed by atoms with Crippen LogP contribution in [0.25, 0.3) is 0 Å². The molecule has 0 amide bonds. The average Bonchev–Trinajstić information content (AvgIpc) is 3.15. The van der Waals surface area contributed by atoms with Gasteiger partial charge in [0.25, 0.3) is 0 Å². The number of benzene rings is 1. The minimum absolute atomic E-state index is 0.0605. The van der Waals surface area contributed by atoms with Crippen LogP contribution in [0.3, 0.4) is 0 Å². The number of aromatic nitrogens is 1. The summed E-state index contributed by atoms with van der Waals surface area (Å²) in [5.41, 5.74) is -0.0605. The molecule has 0 saturated carbocycles. The fraction of sp³-hybridized carbons (Fsp3) is 0.524. The summed E-state index contributed by atoms with van der Waals surface area (Å²) in [4.78, 5) is 11.0. The Kier molecular flexibility index (Phi) is 7.72. The zero-order valence-corrected chi connectivity index (χ0v) is 17.8. The molecule has 0 bridgehead atoms. The van der Waals surface area contributed by atoms with E-state index in [1.165, 1.54) is 0 Å². The number of oxazole rings is 1. The summed E-state index contributed by atoms with van der Waals surface area (Å²) < 4.78 is 16.8. The first-order chi connectivity index (χ1) is 13.3. The van der Waals surface area contributed by atoms with Crippen LogP contribution in [0, 0.1) is 0 Å². The van der Waals surface area contributed by atoms with Gasteiger partial charge in [-0.15, -0.1) is 0 Å². The summed E-state index contributed by atoms with van der Waals surface area (Å²) in [6, 6.07) is 7.56. The van der Waals surface area contributed by atoms with Crippen molar-refractivity contribution in [3.8, 4) is 11.5 Å².